The van der Waals surface area contributed by atoms with Crippen molar-refractivity contribution >= 4 is 0 Å². The molecule has 2 fully saturated rings. The maximum absolute atomic E-state index is 3.52. The molecule has 0 aliphatic carbocycles. The van der Waals surface area contributed by atoms with E-state index in [0.717, 1.165) is 18.1 Å². The third-order valence-electron chi connectivity index (χ3n) is 3.31. The van der Waals surface area contributed by atoms with Crippen molar-refractivity contribution in [2.24, 2.45) is 0 Å². The van der Waals surface area contributed by atoms with Crippen LogP contribution in [0.5, 0.6) is 0 Å². The summed E-state index contributed by atoms with van der Waals surface area (Å²) in [7, 11) is 0. The van der Waals surface area contributed by atoms with Gasteiger partial charge in [0.2, 0.25) is 0 Å². The van der Waals surface area contributed by atoms with E-state index in [-0.39, 0.29) is 0 Å². The summed E-state index contributed by atoms with van der Waals surface area (Å²) in [5.41, 5.74) is 0. The molecular weight excluding hydrogens is 148 g/mol. The van der Waals surface area contributed by atoms with Gasteiger partial charge in [0.05, 0.1) is 0 Å². The Hall–Kier alpha value is -0.0800. The predicted octanol–water partition coefficient (Wildman–Crippen LogP) is 1.22. The zero-order valence-corrected chi connectivity index (χ0v) is 8.21. The lowest BCUT2D eigenvalue weighted by Gasteiger charge is -2.31. The van der Waals surface area contributed by atoms with Gasteiger partial charge in [-0.2, -0.15) is 0 Å². The van der Waals surface area contributed by atoms with Crippen LogP contribution in [0, 0.1) is 0 Å². The molecule has 2 heteroatoms. The monoisotopic (exact) mass is 168 g/mol. The Bertz CT molecular complexity index is 142. The maximum atomic E-state index is 3.52. The molecule has 2 rings (SSSR count). The van der Waals surface area contributed by atoms with Crippen LogP contribution in [-0.4, -0.2) is 36.1 Å². The molecule has 0 spiro atoms. The summed E-state index contributed by atoms with van der Waals surface area (Å²) in [6, 6.07) is 2.45. The standard InChI is InChI=1S/C10H20N2/c1-8(2)12-9-3-4-10(12)7-11-6-5-9/h8-11H,3-7H2,1-2H3/t9-,10+/m0/s1. The summed E-state index contributed by atoms with van der Waals surface area (Å²) >= 11 is 0. The summed E-state index contributed by atoms with van der Waals surface area (Å²) in [5, 5.41) is 3.52. The largest absolute Gasteiger partial charge is 0.315 e. The van der Waals surface area contributed by atoms with Crippen LogP contribution in [0.25, 0.3) is 0 Å². The number of fused-ring (bicyclic) bond motifs is 2. The Kier molecular flexibility index (Phi) is 2.37. The molecule has 0 aromatic heterocycles. The second-order valence-corrected chi connectivity index (χ2v) is 4.42. The van der Waals surface area contributed by atoms with Gasteiger partial charge in [-0.05, 0) is 39.7 Å². The second-order valence-electron chi connectivity index (χ2n) is 4.42. The molecule has 12 heavy (non-hydrogen) atoms. The van der Waals surface area contributed by atoms with Gasteiger partial charge in [0.1, 0.15) is 0 Å². The van der Waals surface area contributed by atoms with Crippen LogP contribution in [0.1, 0.15) is 33.1 Å². The van der Waals surface area contributed by atoms with E-state index in [4.69, 9.17) is 0 Å². The molecule has 0 saturated carbocycles. The summed E-state index contributed by atoms with van der Waals surface area (Å²) in [5.74, 6) is 0. The third kappa shape index (κ3) is 1.38. The minimum Gasteiger partial charge on any atom is -0.315 e. The molecule has 1 N–H and O–H groups in total. The fraction of sp³-hybridized carbons (Fsp3) is 1.00. The molecule has 0 radical (unpaired) electrons. The predicted molar refractivity (Wildman–Crippen MR) is 51.3 cm³/mol. The van der Waals surface area contributed by atoms with Crippen LogP contribution in [0.4, 0.5) is 0 Å². The van der Waals surface area contributed by atoms with Crippen LogP contribution >= 0.6 is 0 Å². The zero-order chi connectivity index (χ0) is 8.55. The summed E-state index contributed by atoms with van der Waals surface area (Å²) < 4.78 is 0. The van der Waals surface area contributed by atoms with Crippen molar-refractivity contribution < 1.29 is 0 Å². The molecule has 0 amide bonds. The van der Waals surface area contributed by atoms with E-state index in [1.54, 1.807) is 0 Å². The van der Waals surface area contributed by atoms with Crippen LogP contribution in [0.15, 0.2) is 0 Å². The van der Waals surface area contributed by atoms with Gasteiger partial charge in [0, 0.05) is 24.7 Å². The Morgan fingerprint density at radius 1 is 1.17 bits per heavy atom. The molecule has 0 aromatic carbocycles. The van der Waals surface area contributed by atoms with E-state index >= 15 is 0 Å². The van der Waals surface area contributed by atoms with Crippen molar-refractivity contribution in [1.82, 2.24) is 10.2 Å². The van der Waals surface area contributed by atoms with Crippen LogP contribution < -0.4 is 5.32 Å². The van der Waals surface area contributed by atoms with Crippen LogP contribution in [0.2, 0.25) is 0 Å². The maximum Gasteiger partial charge on any atom is 0.0226 e. The zero-order valence-electron chi connectivity index (χ0n) is 8.21. The first-order chi connectivity index (χ1) is 5.79. The smallest absolute Gasteiger partial charge is 0.0226 e. The lowest BCUT2D eigenvalue weighted by Crippen LogP contribution is -2.42. The van der Waals surface area contributed by atoms with E-state index in [1.807, 2.05) is 0 Å². The Morgan fingerprint density at radius 2 is 1.92 bits per heavy atom. The molecule has 0 aromatic rings. The number of hydrogen-bond acceptors (Lipinski definition) is 2. The molecule has 2 heterocycles. The van der Waals surface area contributed by atoms with E-state index in [9.17, 15) is 0 Å². The first kappa shape index (κ1) is 8.52. The van der Waals surface area contributed by atoms with Crippen molar-refractivity contribution in [2.75, 3.05) is 13.1 Å². The van der Waals surface area contributed by atoms with E-state index in [1.165, 1.54) is 32.4 Å². The number of nitrogens with zero attached hydrogens (tertiary/aromatic N) is 1. The van der Waals surface area contributed by atoms with E-state index < -0.39 is 0 Å². The Labute approximate surface area is 75.3 Å². The quantitative estimate of drug-likeness (QED) is 0.633. The summed E-state index contributed by atoms with van der Waals surface area (Å²) in [6.07, 6.45) is 4.20. The van der Waals surface area contributed by atoms with Crippen molar-refractivity contribution in [2.45, 2.75) is 51.2 Å². The van der Waals surface area contributed by atoms with Gasteiger partial charge in [-0.25, -0.2) is 0 Å². The molecule has 2 aliphatic heterocycles. The average molecular weight is 168 g/mol. The summed E-state index contributed by atoms with van der Waals surface area (Å²) in [6.45, 7) is 7.10. The minimum atomic E-state index is 0.738. The Balaban J connectivity index is 2.09. The normalized spacial score (nSPS) is 37.2. The number of rotatable bonds is 1. The summed E-state index contributed by atoms with van der Waals surface area (Å²) in [4.78, 5) is 2.72. The van der Waals surface area contributed by atoms with Gasteiger partial charge in [0.25, 0.3) is 0 Å². The Morgan fingerprint density at radius 3 is 2.67 bits per heavy atom. The highest BCUT2D eigenvalue weighted by atomic mass is 15.3. The van der Waals surface area contributed by atoms with Gasteiger partial charge in [0.15, 0.2) is 0 Å². The van der Waals surface area contributed by atoms with Crippen molar-refractivity contribution in [3.05, 3.63) is 0 Å². The first-order valence-electron chi connectivity index (χ1n) is 5.27. The van der Waals surface area contributed by atoms with Gasteiger partial charge in [-0.15, -0.1) is 0 Å². The average Bonchev–Trinajstić information content (AvgIpc) is 2.24. The lowest BCUT2D eigenvalue weighted by atomic mass is 10.1. The molecule has 2 bridgehead atoms. The molecule has 2 aliphatic rings. The van der Waals surface area contributed by atoms with Gasteiger partial charge in [-0.3, -0.25) is 4.90 Å². The second kappa shape index (κ2) is 3.35. The highest BCUT2D eigenvalue weighted by Gasteiger charge is 2.35. The first-order valence-corrected chi connectivity index (χ1v) is 5.27. The molecule has 2 nitrogen and oxygen atoms in total. The topological polar surface area (TPSA) is 15.3 Å². The van der Waals surface area contributed by atoms with Crippen molar-refractivity contribution in [1.29, 1.82) is 0 Å². The van der Waals surface area contributed by atoms with Gasteiger partial charge < -0.3 is 5.32 Å². The minimum absolute atomic E-state index is 0.738. The van der Waals surface area contributed by atoms with Crippen molar-refractivity contribution in [3.8, 4) is 0 Å². The molecule has 70 valence electrons. The van der Waals surface area contributed by atoms with Crippen LogP contribution in [0.3, 0.4) is 0 Å². The molecule has 2 saturated heterocycles. The highest BCUT2D eigenvalue weighted by molar-refractivity contribution is 4.93. The molecular formula is C10H20N2. The number of hydrogen-bond donors (Lipinski definition) is 1. The van der Waals surface area contributed by atoms with Gasteiger partial charge >= 0.3 is 0 Å². The fourth-order valence-corrected chi connectivity index (χ4v) is 2.86. The lowest BCUT2D eigenvalue weighted by molar-refractivity contribution is 0.157. The third-order valence-corrected chi connectivity index (χ3v) is 3.31. The van der Waals surface area contributed by atoms with Gasteiger partial charge in [-0.1, -0.05) is 0 Å². The van der Waals surface area contributed by atoms with Crippen LogP contribution in [-0.2, 0) is 0 Å². The molecule has 0 unspecified atom stereocenters. The number of nitrogens with one attached hydrogen (secondary N) is 1. The SMILES string of the molecule is CC(C)N1[C@@H]2CCNC[C@H]1CC2. The van der Waals surface area contributed by atoms with E-state index in [2.05, 4.69) is 24.1 Å². The highest BCUT2D eigenvalue weighted by Crippen LogP contribution is 2.29. The van der Waals surface area contributed by atoms with Crippen molar-refractivity contribution in [3.63, 3.8) is 0 Å². The van der Waals surface area contributed by atoms with E-state index in [0.29, 0.717) is 0 Å². The molecule has 2 atom stereocenters. The fourth-order valence-electron chi connectivity index (χ4n) is 2.86.